The smallest absolute Gasteiger partial charge is 0.256 e. The molecule has 0 fully saturated rings. The van der Waals surface area contributed by atoms with E-state index in [1.807, 2.05) is 0 Å². The first-order valence-corrected chi connectivity index (χ1v) is 5.64. The molecule has 0 saturated heterocycles. The van der Waals surface area contributed by atoms with Crippen LogP contribution in [0.15, 0.2) is 30.3 Å². The molecule has 104 valence electrons. The molecule has 2 aromatic carbocycles. The summed E-state index contributed by atoms with van der Waals surface area (Å²) in [5.74, 6) is -4.64. The second-order valence-corrected chi connectivity index (χ2v) is 4.15. The summed E-state index contributed by atoms with van der Waals surface area (Å²) >= 11 is 0. The van der Waals surface area contributed by atoms with E-state index in [0.717, 1.165) is 0 Å². The number of carbonyl (C=O) groups is 1. The molecule has 0 aromatic heterocycles. The number of phenols is 1. The van der Waals surface area contributed by atoms with E-state index in [-0.39, 0.29) is 16.9 Å². The average molecular weight is 281 g/mol. The highest BCUT2D eigenvalue weighted by atomic mass is 19.2. The van der Waals surface area contributed by atoms with Crippen LogP contribution in [-0.2, 0) is 0 Å². The number of carbonyl (C=O) groups excluding carboxylic acids is 1. The number of rotatable bonds is 2. The van der Waals surface area contributed by atoms with Crippen LogP contribution in [0.3, 0.4) is 0 Å². The molecule has 0 saturated carbocycles. The Bertz CT molecular complexity index is 686. The molecule has 2 rings (SSSR count). The number of phenolic OH excluding ortho intramolecular Hbond substituents is 1. The lowest BCUT2D eigenvalue weighted by atomic mass is 10.1. The normalized spacial score (nSPS) is 10.4. The molecule has 6 heteroatoms. The Kier molecular flexibility index (Phi) is 3.65. The zero-order chi connectivity index (χ0) is 14.9. The van der Waals surface area contributed by atoms with Crippen LogP contribution in [0.25, 0.3) is 0 Å². The van der Waals surface area contributed by atoms with Gasteiger partial charge >= 0.3 is 0 Å². The largest absolute Gasteiger partial charge is 0.508 e. The third kappa shape index (κ3) is 2.59. The predicted octanol–water partition coefficient (Wildman–Crippen LogP) is 3.37. The highest BCUT2D eigenvalue weighted by molar-refractivity contribution is 6.05. The predicted molar refractivity (Wildman–Crippen MR) is 67.1 cm³/mol. The van der Waals surface area contributed by atoms with Crippen molar-refractivity contribution in [1.29, 1.82) is 0 Å². The summed E-state index contributed by atoms with van der Waals surface area (Å²) in [6, 6.07) is 5.27. The highest BCUT2D eigenvalue weighted by Gasteiger charge is 2.16. The number of halogens is 3. The minimum absolute atomic E-state index is 0.0778. The summed E-state index contributed by atoms with van der Waals surface area (Å²) in [4.78, 5) is 11.9. The van der Waals surface area contributed by atoms with Gasteiger partial charge in [0.25, 0.3) is 5.91 Å². The van der Waals surface area contributed by atoms with E-state index < -0.39 is 29.0 Å². The molecule has 0 heterocycles. The van der Waals surface area contributed by atoms with Crippen LogP contribution < -0.4 is 5.32 Å². The van der Waals surface area contributed by atoms with E-state index in [1.165, 1.54) is 25.1 Å². The average Bonchev–Trinajstić information content (AvgIpc) is 2.38. The van der Waals surface area contributed by atoms with Gasteiger partial charge in [0, 0.05) is 23.3 Å². The summed E-state index contributed by atoms with van der Waals surface area (Å²) < 4.78 is 39.5. The fraction of sp³-hybridized carbons (Fsp3) is 0.0714. The third-order valence-corrected chi connectivity index (χ3v) is 2.79. The summed E-state index contributed by atoms with van der Waals surface area (Å²) in [5.41, 5.74) is -0.244. The van der Waals surface area contributed by atoms with Gasteiger partial charge in [-0.15, -0.1) is 0 Å². The summed E-state index contributed by atoms with van der Waals surface area (Å²) in [7, 11) is 0. The van der Waals surface area contributed by atoms with Crippen LogP contribution >= 0.6 is 0 Å². The van der Waals surface area contributed by atoms with E-state index in [2.05, 4.69) is 5.32 Å². The van der Waals surface area contributed by atoms with Crippen molar-refractivity contribution in [3.8, 4) is 5.75 Å². The number of benzene rings is 2. The van der Waals surface area contributed by atoms with E-state index in [1.54, 1.807) is 0 Å². The Balaban J connectivity index is 2.35. The SMILES string of the molecule is Cc1c(O)cccc1C(=O)Nc1cc(F)cc(F)c1F. The van der Waals surface area contributed by atoms with Crippen molar-refractivity contribution in [1.82, 2.24) is 0 Å². The number of hydrogen-bond donors (Lipinski definition) is 2. The lowest BCUT2D eigenvalue weighted by molar-refractivity contribution is 0.102. The number of nitrogens with one attached hydrogen (secondary N) is 1. The Hall–Kier alpha value is -2.50. The van der Waals surface area contributed by atoms with Gasteiger partial charge in [0.15, 0.2) is 11.6 Å². The van der Waals surface area contributed by atoms with Crippen LogP contribution in [0.1, 0.15) is 15.9 Å². The quantitative estimate of drug-likeness (QED) is 0.829. The van der Waals surface area contributed by atoms with E-state index >= 15 is 0 Å². The zero-order valence-electron chi connectivity index (χ0n) is 10.4. The second-order valence-electron chi connectivity index (χ2n) is 4.15. The topological polar surface area (TPSA) is 49.3 Å². The first-order chi connectivity index (χ1) is 9.40. The van der Waals surface area contributed by atoms with E-state index in [9.17, 15) is 23.1 Å². The molecular weight excluding hydrogens is 271 g/mol. The first kappa shape index (κ1) is 13.9. The Morgan fingerprint density at radius 3 is 2.60 bits per heavy atom. The van der Waals surface area contributed by atoms with Crippen molar-refractivity contribution in [2.75, 3.05) is 5.32 Å². The number of anilines is 1. The van der Waals surface area contributed by atoms with Crippen LogP contribution in [0.5, 0.6) is 5.75 Å². The molecule has 2 N–H and O–H groups in total. The maximum Gasteiger partial charge on any atom is 0.256 e. The van der Waals surface area contributed by atoms with Gasteiger partial charge in [-0.2, -0.15) is 0 Å². The van der Waals surface area contributed by atoms with Crippen LogP contribution in [0.2, 0.25) is 0 Å². The van der Waals surface area contributed by atoms with Gasteiger partial charge in [-0.1, -0.05) is 6.07 Å². The number of amides is 1. The molecule has 0 atom stereocenters. The molecule has 3 nitrogen and oxygen atoms in total. The van der Waals surface area contributed by atoms with Crippen molar-refractivity contribution >= 4 is 11.6 Å². The summed E-state index contributed by atoms with van der Waals surface area (Å²) in [6.45, 7) is 1.49. The van der Waals surface area contributed by atoms with Gasteiger partial charge in [0.2, 0.25) is 0 Å². The van der Waals surface area contributed by atoms with Crippen LogP contribution in [0, 0.1) is 24.4 Å². The maximum atomic E-state index is 13.4. The molecule has 1 amide bonds. The molecular formula is C14H10F3NO2. The van der Waals surface area contributed by atoms with Gasteiger partial charge in [-0.25, -0.2) is 13.2 Å². The minimum Gasteiger partial charge on any atom is -0.508 e. The molecule has 0 radical (unpaired) electrons. The fourth-order valence-corrected chi connectivity index (χ4v) is 1.71. The fourth-order valence-electron chi connectivity index (χ4n) is 1.71. The first-order valence-electron chi connectivity index (χ1n) is 5.64. The second kappa shape index (κ2) is 5.24. The van der Waals surface area contributed by atoms with Gasteiger partial charge in [0.05, 0.1) is 5.69 Å². The zero-order valence-corrected chi connectivity index (χ0v) is 10.4. The molecule has 0 aliphatic rings. The molecule has 0 unspecified atom stereocenters. The lowest BCUT2D eigenvalue weighted by Gasteiger charge is -2.10. The van der Waals surface area contributed by atoms with Crippen LogP contribution in [0.4, 0.5) is 18.9 Å². The van der Waals surface area contributed by atoms with Gasteiger partial charge in [-0.05, 0) is 19.1 Å². The Morgan fingerprint density at radius 2 is 1.90 bits per heavy atom. The summed E-state index contributed by atoms with van der Waals surface area (Å²) in [5, 5.41) is 11.6. The standard InChI is InChI=1S/C14H10F3NO2/c1-7-9(3-2-4-12(7)19)14(20)18-11-6-8(15)5-10(16)13(11)17/h2-6,19H,1H3,(H,18,20). The number of aromatic hydroxyl groups is 1. The Labute approximate surface area is 112 Å². The Morgan fingerprint density at radius 1 is 1.20 bits per heavy atom. The van der Waals surface area contributed by atoms with Crippen molar-refractivity contribution in [2.45, 2.75) is 6.92 Å². The number of hydrogen-bond acceptors (Lipinski definition) is 2. The summed E-state index contributed by atoms with van der Waals surface area (Å²) in [6.07, 6.45) is 0. The highest BCUT2D eigenvalue weighted by Crippen LogP contribution is 2.23. The molecule has 0 spiro atoms. The van der Waals surface area contributed by atoms with Crippen molar-refractivity contribution < 1.29 is 23.1 Å². The van der Waals surface area contributed by atoms with Crippen molar-refractivity contribution in [3.05, 3.63) is 58.9 Å². The van der Waals surface area contributed by atoms with E-state index in [4.69, 9.17) is 0 Å². The monoisotopic (exact) mass is 281 g/mol. The van der Waals surface area contributed by atoms with Crippen molar-refractivity contribution in [3.63, 3.8) is 0 Å². The van der Waals surface area contributed by atoms with E-state index in [0.29, 0.717) is 12.1 Å². The molecule has 0 aliphatic heterocycles. The molecule has 0 bridgehead atoms. The van der Waals surface area contributed by atoms with Gasteiger partial charge < -0.3 is 10.4 Å². The molecule has 0 aliphatic carbocycles. The van der Waals surface area contributed by atoms with Gasteiger partial charge in [0.1, 0.15) is 11.6 Å². The van der Waals surface area contributed by atoms with Gasteiger partial charge in [-0.3, -0.25) is 4.79 Å². The molecule has 2 aromatic rings. The van der Waals surface area contributed by atoms with Crippen molar-refractivity contribution in [2.24, 2.45) is 0 Å². The maximum absolute atomic E-state index is 13.4. The third-order valence-electron chi connectivity index (χ3n) is 2.79. The van der Waals surface area contributed by atoms with Crippen LogP contribution in [-0.4, -0.2) is 11.0 Å². The minimum atomic E-state index is -1.40. The lowest BCUT2D eigenvalue weighted by Crippen LogP contribution is -2.15. The molecule has 20 heavy (non-hydrogen) atoms.